The van der Waals surface area contributed by atoms with Crippen molar-refractivity contribution in [2.24, 2.45) is 11.7 Å². The Balaban J connectivity index is 1.63. The number of primary amides is 1. The van der Waals surface area contributed by atoms with Gasteiger partial charge in [0.15, 0.2) is 0 Å². The van der Waals surface area contributed by atoms with E-state index in [2.05, 4.69) is 5.32 Å². The summed E-state index contributed by atoms with van der Waals surface area (Å²) in [5, 5.41) is 14.7. The highest BCUT2D eigenvalue weighted by Gasteiger charge is 2.46. The minimum atomic E-state index is -0.799. The van der Waals surface area contributed by atoms with Crippen molar-refractivity contribution in [3.05, 3.63) is 83.4 Å². The number of ether oxygens (including phenoxy) is 1. The first kappa shape index (κ1) is 32.0. The molecule has 4 rings (SSSR count). The standard InChI is InChI=1S/C33H43N5O5/c1-36(2)20-29-28(21-39)30(32(34)40)38(43-29)19-23-12-9-13-27(31(23)42-5)24-16-25(18-26(17-24)37(3)4)33(41)35-15-14-22-10-7-6-8-11-22/h6-13,16-18,28-30,39H,14-15,19-21H2,1-5H3,(H2,34,40)(H,35,41)/t28-,29?,30?/m1/s1. The smallest absolute Gasteiger partial charge is 0.251 e. The number of aliphatic hydroxyl groups excluding tert-OH is 1. The van der Waals surface area contributed by atoms with Gasteiger partial charge in [0.1, 0.15) is 11.8 Å². The average molecular weight is 590 g/mol. The molecule has 1 aliphatic heterocycles. The lowest BCUT2D eigenvalue weighted by molar-refractivity contribution is -0.176. The van der Waals surface area contributed by atoms with Crippen LogP contribution >= 0.6 is 0 Å². The predicted molar refractivity (Wildman–Crippen MR) is 168 cm³/mol. The summed E-state index contributed by atoms with van der Waals surface area (Å²) in [6.07, 6.45) is 0.339. The molecular formula is C33H43N5O5. The summed E-state index contributed by atoms with van der Waals surface area (Å²) >= 11 is 0. The van der Waals surface area contributed by atoms with Crippen LogP contribution in [0.25, 0.3) is 11.1 Å². The van der Waals surface area contributed by atoms with Crippen molar-refractivity contribution in [2.45, 2.75) is 25.1 Å². The van der Waals surface area contributed by atoms with Crippen LogP contribution in [0.4, 0.5) is 5.69 Å². The molecule has 1 saturated heterocycles. The van der Waals surface area contributed by atoms with Crippen molar-refractivity contribution in [1.29, 1.82) is 0 Å². The van der Waals surface area contributed by atoms with Crippen LogP contribution in [-0.2, 0) is 22.6 Å². The number of carbonyl (C=O) groups excluding carboxylic acids is 2. The van der Waals surface area contributed by atoms with Crippen molar-refractivity contribution in [1.82, 2.24) is 15.3 Å². The molecule has 10 nitrogen and oxygen atoms in total. The number of likely N-dealkylation sites (N-methyl/N-ethyl adjacent to an activating group) is 1. The SMILES string of the molecule is COc1c(CN2OC(CN(C)C)[C@@H](CO)C2C(N)=O)cccc1-c1cc(C(=O)NCCc2ccccc2)cc(N(C)C)c1. The minimum absolute atomic E-state index is 0.159. The number of para-hydroxylation sites is 1. The third-order valence-electron chi connectivity index (χ3n) is 7.69. The highest BCUT2D eigenvalue weighted by Crippen LogP contribution is 2.38. The topological polar surface area (TPSA) is 121 Å². The molecule has 1 heterocycles. The van der Waals surface area contributed by atoms with Crippen LogP contribution in [0.3, 0.4) is 0 Å². The molecule has 0 aliphatic carbocycles. The van der Waals surface area contributed by atoms with Gasteiger partial charge in [-0.3, -0.25) is 14.4 Å². The molecule has 0 spiro atoms. The van der Waals surface area contributed by atoms with E-state index in [1.54, 1.807) is 12.2 Å². The molecular weight excluding hydrogens is 546 g/mol. The van der Waals surface area contributed by atoms with Gasteiger partial charge in [0.05, 0.1) is 26.4 Å². The Bertz CT molecular complexity index is 1400. The van der Waals surface area contributed by atoms with Crippen LogP contribution in [-0.4, -0.2) is 94.0 Å². The van der Waals surface area contributed by atoms with E-state index in [4.69, 9.17) is 15.3 Å². The fourth-order valence-corrected chi connectivity index (χ4v) is 5.54. The number of aliphatic hydroxyl groups is 1. The number of nitrogens with zero attached hydrogens (tertiary/aromatic N) is 3. The van der Waals surface area contributed by atoms with Crippen LogP contribution in [0.5, 0.6) is 5.75 Å². The van der Waals surface area contributed by atoms with Gasteiger partial charge in [0.2, 0.25) is 5.91 Å². The zero-order chi connectivity index (χ0) is 31.1. The molecule has 0 radical (unpaired) electrons. The van der Waals surface area contributed by atoms with Crippen molar-refractivity contribution < 1.29 is 24.3 Å². The Morgan fingerprint density at radius 1 is 1.05 bits per heavy atom. The number of hydrogen-bond donors (Lipinski definition) is 3. The number of benzene rings is 3. The third-order valence-corrected chi connectivity index (χ3v) is 7.69. The zero-order valence-electron chi connectivity index (χ0n) is 25.6. The molecule has 3 atom stereocenters. The summed E-state index contributed by atoms with van der Waals surface area (Å²) in [5.41, 5.74) is 10.7. The summed E-state index contributed by atoms with van der Waals surface area (Å²) in [5.74, 6) is -0.587. The summed E-state index contributed by atoms with van der Waals surface area (Å²) < 4.78 is 5.93. The van der Waals surface area contributed by atoms with E-state index < -0.39 is 24.0 Å². The summed E-state index contributed by atoms with van der Waals surface area (Å²) in [6.45, 7) is 1.03. The van der Waals surface area contributed by atoms with Crippen molar-refractivity contribution in [3.8, 4) is 16.9 Å². The van der Waals surface area contributed by atoms with Crippen molar-refractivity contribution in [3.63, 3.8) is 0 Å². The first-order chi connectivity index (χ1) is 20.6. The lowest BCUT2D eigenvalue weighted by Gasteiger charge is -2.24. The summed E-state index contributed by atoms with van der Waals surface area (Å²) in [7, 11) is 9.27. The fourth-order valence-electron chi connectivity index (χ4n) is 5.54. The van der Waals surface area contributed by atoms with Gasteiger partial charge >= 0.3 is 0 Å². The molecule has 4 N–H and O–H groups in total. The van der Waals surface area contributed by atoms with Crippen LogP contribution < -0.4 is 20.7 Å². The van der Waals surface area contributed by atoms with E-state index in [0.29, 0.717) is 24.4 Å². The van der Waals surface area contributed by atoms with E-state index in [1.807, 2.05) is 105 Å². The number of anilines is 1. The number of amides is 2. The molecule has 3 aromatic rings. The average Bonchev–Trinajstić information content (AvgIpc) is 3.33. The van der Waals surface area contributed by atoms with E-state index in [9.17, 15) is 14.7 Å². The maximum Gasteiger partial charge on any atom is 0.251 e. The van der Waals surface area contributed by atoms with Gasteiger partial charge in [-0.2, -0.15) is 5.06 Å². The Hall–Kier alpha value is -3.96. The first-order valence-corrected chi connectivity index (χ1v) is 14.4. The van der Waals surface area contributed by atoms with Gasteiger partial charge in [-0.25, -0.2) is 0 Å². The number of hydrogen-bond acceptors (Lipinski definition) is 8. The highest BCUT2D eigenvalue weighted by atomic mass is 16.7. The second-order valence-corrected chi connectivity index (χ2v) is 11.3. The van der Waals surface area contributed by atoms with E-state index in [-0.39, 0.29) is 19.1 Å². The number of methoxy groups -OCH3 is 1. The van der Waals surface area contributed by atoms with Crippen LogP contribution in [0.1, 0.15) is 21.5 Å². The number of carbonyl (C=O) groups is 2. The Kier molecular flexibility index (Phi) is 10.8. The molecule has 43 heavy (non-hydrogen) atoms. The molecule has 2 amide bonds. The zero-order valence-corrected chi connectivity index (χ0v) is 25.6. The lowest BCUT2D eigenvalue weighted by Crippen LogP contribution is -2.45. The second kappa shape index (κ2) is 14.5. The number of hydroxylamine groups is 2. The quantitative estimate of drug-likeness (QED) is 0.278. The lowest BCUT2D eigenvalue weighted by atomic mass is 9.94. The molecule has 0 bridgehead atoms. The number of rotatable bonds is 13. The normalized spacial score (nSPS) is 18.5. The van der Waals surface area contributed by atoms with E-state index in [0.717, 1.165) is 34.4 Å². The largest absolute Gasteiger partial charge is 0.496 e. The highest BCUT2D eigenvalue weighted by molar-refractivity contribution is 5.97. The molecule has 0 saturated carbocycles. The fraction of sp³-hybridized carbons (Fsp3) is 0.394. The maximum atomic E-state index is 13.3. The molecule has 1 aliphatic rings. The monoisotopic (exact) mass is 589 g/mol. The summed E-state index contributed by atoms with van der Waals surface area (Å²) in [6, 6.07) is 20.7. The first-order valence-electron chi connectivity index (χ1n) is 14.4. The number of nitrogens with two attached hydrogens (primary N) is 1. The molecule has 0 aromatic heterocycles. The van der Waals surface area contributed by atoms with Gasteiger partial charge in [-0.15, -0.1) is 0 Å². The second-order valence-electron chi connectivity index (χ2n) is 11.3. The molecule has 3 aromatic carbocycles. The van der Waals surface area contributed by atoms with Crippen molar-refractivity contribution in [2.75, 3.05) is 59.9 Å². The van der Waals surface area contributed by atoms with E-state index in [1.165, 1.54) is 0 Å². The van der Waals surface area contributed by atoms with Crippen LogP contribution in [0.2, 0.25) is 0 Å². The van der Waals surface area contributed by atoms with Crippen LogP contribution in [0.15, 0.2) is 66.7 Å². The van der Waals surface area contributed by atoms with Gasteiger partial charge in [-0.05, 0) is 49.8 Å². The Morgan fingerprint density at radius 3 is 2.42 bits per heavy atom. The van der Waals surface area contributed by atoms with Gasteiger partial charge in [-0.1, -0.05) is 48.5 Å². The Morgan fingerprint density at radius 2 is 1.79 bits per heavy atom. The maximum absolute atomic E-state index is 13.3. The third kappa shape index (κ3) is 7.71. The molecule has 230 valence electrons. The number of nitrogens with one attached hydrogen (secondary N) is 1. The van der Waals surface area contributed by atoms with Crippen molar-refractivity contribution >= 4 is 17.5 Å². The Labute approximate surface area is 253 Å². The molecule has 1 fully saturated rings. The summed E-state index contributed by atoms with van der Waals surface area (Å²) in [4.78, 5) is 35.9. The predicted octanol–water partition coefficient (Wildman–Crippen LogP) is 2.54. The van der Waals surface area contributed by atoms with Crippen LogP contribution in [0, 0.1) is 5.92 Å². The van der Waals surface area contributed by atoms with Gasteiger partial charge in [0.25, 0.3) is 5.91 Å². The minimum Gasteiger partial charge on any atom is -0.496 e. The van der Waals surface area contributed by atoms with Gasteiger partial charge < -0.3 is 30.7 Å². The molecule has 10 heteroatoms. The molecule has 2 unspecified atom stereocenters. The van der Waals surface area contributed by atoms with E-state index >= 15 is 0 Å². The van der Waals surface area contributed by atoms with Gasteiger partial charge in [0, 0.05) is 55.5 Å².